The number of thioether (sulfide) groups is 1. The molecule has 1 aliphatic rings. The quantitative estimate of drug-likeness (QED) is 0.167. The number of carbonyl (C=O) groups excluding carboxylic acids is 1. The normalized spacial score (nSPS) is 14.9. The molecule has 6 nitrogen and oxygen atoms in total. The molecule has 0 radical (unpaired) electrons. The van der Waals surface area contributed by atoms with Crippen LogP contribution in [0.2, 0.25) is 0 Å². The van der Waals surface area contributed by atoms with Crippen LogP contribution in [-0.2, 0) is 9.53 Å². The van der Waals surface area contributed by atoms with Crippen LogP contribution in [0.5, 0.6) is 0 Å². The van der Waals surface area contributed by atoms with Gasteiger partial charge in [-0.15, -0.1) is 11.8 Å². The lowest BCUT2D eigenvalue weighted by atomic mass is 9.93. The Kier molecular flexibility index (Phi) is 8.06. The molecule has 8 heteroatoms. The second-order valence-electron chi connectivity index (χ2n) is 10.2. The summed E-state index contributed by atoms with van der Waals surface area (Å²) in [6.45, 7) is 6.12. The number of hydrogen-bond acceptors (Lipinski definition) is 6. The van der Waals surface area contributed by atoms with Crippen LogP contribution < -0.4 is 14.9 Å². The molecule has 1 atom stereocenters. The number of rotatable bonds is 7. The van der Waals surface area contributed by atoms with E-state index in [9.17, 15) is 9.59 Å². The fourth-order valence-electron chi connectivity index (χ4n) is 5.59. The maximum absolute atomic E-state index is 14.3. The highest BCUT2D eigenvalue weighted by Gasteiger charge is 2.35. The van der Waals surface area contributed by atoms with Crippen molar-refractivity contribution < 1.29 is 9.53 Å². The first-order valence-corrected chi connectivity index (χ1v) is 16.1. The first-order chi connectivity index (χ1) is 20.9. The van der Waals surface area contributed by atoms with Crippen molar-refractivity contribution in [2.45, 2.75) is 31.7 Å². The van der Waals surface area contributed by atoms with Crippen molar-refractivity contribution in [3.63, 3.8) is 0 Å². The van der Waals surface area contributed by atoms with Gasteiger partial charge < -0.3 is 9.30 Å². The maximum Gasteiger partial charge on any atom is 0.338 e. The second kappa shape index (κ2) is 12.1. The predicted octanol–water partition coefficient (Wildman–Crippen LogP) is 6.07. The minimum Gasteiger partial charge on any atom is -0.463 e. The maximum atomic E-state index is 14.3. The molecular formula is C35H31N3O3S2. The molecule has 0 unspecified atom stereocenters. The fraction of sp³-hybridized carbons (Fsp3) is 0.171. The van der Waals surface area contributed by atoms with Crippen LogP contribution >= 0.6 is 23.1 Å². The largest absolute Gasteiger partial charge is 0.463 e. The predicted molar refractivity (Wildman–Crippen MR) is 175 cm³/mol. The molecular weight excluding hydrogens is 575 g/mol. The van der Waals surface area contributed by atoms with Gasteiger partial charge in [-0.05, 0) is 74.6 Å². The molecule has 0 bridgehead atoms. The van der Waals surface area contributed by atoms with E-state index in [0.29, 0.717) is 20.6 Å². The fourth-order valence-corrected chi connectivity index (χ4v) is 6.99. The molecule has 216 valence electrons. The number of nitrogens with zero attached hydrogens (tertiary/aromatic N) is 3. The smallest absolute Gasteiger partial charge is 0.338 e. The Hall–Kier alpha value is -4.40. The number of ether oxygens (including phenoxy) is 1. The van der Waals surface area contributed by atoms with Crippen LogP contribution in [0.15, 0.2) is 111 Å². The van der Waals surface area contributed by atoms with E-state index in [4.69, 9.17) is 9.73 Å². The molecule has 3 heterocycles. The van der Waals surface area contributed by atoms with E-state index in [-0.39, 0.29) is 12.2 Å². The number of hydrogen-bond donors (Lipinski definition) is 0. The van der Waals surface area contributed by atoms with Gasteiger partial charge in [0.1, 0.15) is 0 Å². The number of thiazole rings is 1. The molecule has 0 spiro atoms. The van der Waals surface area contributed by atoms with Crippen LogP contribution in [0, 0.1) is 13.8 Å². The zero-order valence-corrected chi connectivity index (χ0v) is 26.0. The highest BCUT2D eigenvalue weighted by molar-refractivity contribution is 7.98. The van der Waals surface area contributed by atoms with Gasteiger partial charge in [0, 0.05) is 27.5 Å². The third-order valence-electron chi connectivity index (χ3n) is 7.58. The Morgan fingerprint density at radius 1 is 1.00 bits per heavy atom. The molecule has 3 aromatic carbocycles. The summed E-state index contributed by atoms with van der Waals surface area (Å²) in [5.41, 5.74) is 6.43. The van der Waals surface area contributed by atoms with E-state index >= 15 is 0 Å². The monoisotopic (exact) mass is 605 g/mol. The second-order valence-corrected chi connectivity index (χ2v) is 12.1. The van der Waals surface area contributed by atoms with Crippen LogP contribution in [0.1, 0.15) is 41.0 Å². The summed E-state index contributed by atoms with van der Waals surface area (Å²) < 4.78 is 9.97. The van der Waals surface area contributed by atoms with Crippen molar-refractivity contribution in [2.24, 2.45) is 4.99 Å². The third-order valence-corrected chi connectivity index (χ3v) is 9.30. The van der Waals surface area contributed by atoms with Gasteiger partial charge in [0.2, 0.25) is 0 Å². The molecule has 5 aromatic rings. The number of aromatic nitrogens is 2. The van der Waals surface area contributed by atoms with E-state index < -0.39 is 12.0 Å². The number of carbonyl (C=O) groups is 1. The number of esters is 1. The SMILES string of the molecule is CCOC(=O)C1=C(c2ccccc2)N=c2s/c(=C\c3cc(C)n(-c4ccccc4)c3C)c(=O)n2[C@H]1c1ccc(SC)cc1. The van der Waals surface area contributed by atoms with Gasteiger partial charge in [-0.1, -0.05) is 72.0 Å². The van der Waals surface area contributed by atoms with E-state index in [1.54, 1.807) is 23.3 Å². The van der Waals surface area contributed by atoms with Gasteiger partial charge in [-0.25, -0.2) is 9.79 Å². The van der Waals surface area contributed by atoms with Crippen molar-refractivity contribution >= 4 is 40.8 Å². The van der Waals surface area contributed by atoms with Gasteiger partial charge in [-0.2, -0.15) is 0 Å². The average Bonchev–Trinajstić information content (AvgIpc) is 3.50. The topological polar surface area (TPSA) is 65.6 Å². The number of fused-ring (bicyclic) bond motifs is 1. The molecule has 0 saturated heterocycles. The molecule has 2 aromatic heterocycles. The molecule has 0 fully saturated rings. The minimum absolute atomic E-state index is 0.193. The summed E-state index contributed by atoms with van der Waals surface area (Å²) in [5.74, 6) is -0.482. The summed E-state index contributed by atoms with van der Waals surface area (Å²) in [5, 5.41) is 0. The zero-order chi connectivity index (χ0) is 30.1. The van der Waals surface area contributed by atoms with E-state index in [2.05, 4.69) is 36.6 Å². The summed E-state index contributed by atoms with van der Waals surface area (Å²) >= 11 is 2.97. The van der Waals surface area contributed by atoms with Crippen molar-refractivity contribution in [1.29, 1.82) is 0 Å². The molecule has 1 aliphatic heterocycles. The lowest BCUT2D eigenvalue weighted by molar-refractivity contribution is -0.138. The van der Waals surface area contributed by atoms with E-state index in [0.717, 1.165) is 38.7 Å². The van der Waals surface area contributed by atoms with Crippen molar-refractivity contribution in [2.75, 3.05) is 12.9 Å². The first kappa shape index (κ1) is 28.7. The minimum atomic E-state index is -0.694. The Morgan fingerprint density at radius 2 is 1.67 bits per heavy atom. The summed E-state index contributed by atoms with van der Waals surface area (Å²) in [6, 6.07) is 29.2. The third kappa shape index (κ3) is 5.32. The Morgan fingerprint density at radius 3 is 2.33 bits per heavy atom. The van der Waals surface area contributed by atoms with Crippen LogP contribution in [0.3, 0.4) is 0 Å². The number of para-hydroxylation sites is 1. The molecule has 6 rings (SSSR count). The van der Waals surface area contributed by atoms with Gasteiger partial charge in [0.15, 0.2) is 4.80 Å². The lowest BCUT2D eigenvalue weighted by Gasteiger charge is -2.26. The first-order valence-electron chi connectivity index (χ1n) is 14.1. The number of aryl methyl sites for hydroxylation is 1. The highest BCUT2D eigenvalue weighted by atomic mass is 32.2. The Bertz CT molecular complexity index is 2020. The lowest BCUT2D eigenvalue weighted by Crippen LogP contribution is -2.40. The average molecular weight is 606 g/mol. The van der Waals surface area contributed by atoms with E-state index in [1.807, 2.05) is 85.1 Å². The molecule has 0 amide bonds. The molecule has 0 aliphatic carbocycles. The highest BCUT2D eigenvalue weighted by Crippen LogP contribution is 2.35. The van der Waals surface area contributed by atoms with Gasteiger partial charge in [0.25, 0.3) is 5.56 Å². The standard InChI is InChI=1S/C35H31N3O3S2/c1-5-41-34(40)30-31(24-12-8-6-9-13-24)36-35-38(32(30)25-16-18-28(42-4)19-17-25)33(39)29(43-35)21-26-20-22(2)37(23(26)3)27-14-10-7-11-15-27/h6-21,32H,5H2,1-4H3/b29-21-/t32-/m0/s1. The van der Waals surface area contributed by atoms with Gasteiger partial charge >= 0.3 is 5.97 Å². The van der Waals surface area contributed by atoms with Crippen LogP contribution in [0.4, 0.5) is 0 Å². The van der Waals surface area contributed by atoms with Crippen molar-refractivity contribution in [3.05, 3.63) is 144 Å². The molecule has 43 heavy (non-hydrogen) atoms. The van der Waals surface area contributed by atoms with Crippen molar-refractivity contribution in [3.8, 4) is 5.69 Å². The van der Waals surface area contributed by atoms with Gasteiger partial charge in [-0.3, -0.25) is 9.36 Å². The Labute approximate surface area is 258 Å². The van der Waals surface area contributed by atoms with E-state index in [1.165, 1.54) is 11.3 Å². The Balaban J connectivity index is 1.60. The zero-order valence-electron chi connectivity index (χ0n) is 24.4. The molecule has 0 N–H and O–H groups in total. The number of benzene rings is 3. The van der Waals surface area contributed by atoms with Crippen LogP contribution in [0.25, 0.3) is 17.5 Å². The molecule has 0 saturated carbocycles. The van der Waals surface area contributed by atoms with Gasteiger partial charge in [0.05, 0.1) is 28.5 Å². The van der Waals surface area contributed by atoms with Crippen LogP contribution in [-0.4, -0.2) is 28.0 Å². The summed E-state index contributed by atoms with van der Waals surface area (Å²) in [6.07, 6.45) is 3.96. The van der Waals surface area contributed by atoms with Crippen molar-refractivity contribution in [1.82, 2.24) is 9.13 Å². The summed E-state index contributed by atoms with van der Waals surface area (Å²) in [4.78, 5) is 34.5. The summed E-state index contributed by atoms with van der Waals surface area (Å²) in [7, 11) is 0.